The molecular weight excluding hydrogens is 312 g/mol. The van der Waals surface area contributed by atoms with Crippen LogP contribution in [-0.2, 0) is 10.9 Å². The number of ether oxygens (including phenoxy) is 1. The molecule has 0 spiro atoms. The van der Waals surface area contributed by atoms with E-state index in [9.17, 15) is 0 Å². The number of rotatable bonds is 2. The summed E-state index contributed by atoms with van der Waals surface area (Å²) in [4.78, 5) is 1.61. The first-order valence-electron chi connectivity index (χ1n) is 9.45. The largest absolute Gasteiger partial charge is 0.488 e. The standard InChI is InChI=1S/C22H29OS/c1-22(2,3)23-20-14-15-21(19-13-5-4-12-18(19)20)24-16-8-6-9-17(24)11-7-10-16/h4-5,12-17H,6-11H2,1-3H3/q+1. The van der Waals surface area contributed by atoms with Crippen LogP contribution in [0.3, 0.4) is 0 Å². The summed E-state index contributed by atoms with van der Waals surface area (Å²) in [5, 5.41) is 4.58. The molecule has 2 heterocycles. The van der Waals surface area contributed by atoms with Gasteiger partial charge in [0.05, 0.1) is 0 Å². The second-order valence-corrected chi connectivity index (χ2v) is 10.8. The van der Waals surface area contributed by atoms with Gasteiger partial charge in [-0.1, -0.05) is 18.2 Å². The molecule has 2 aliphatic rings. The Kier molecular flexibility index (Phi) is 4.28. The normalized spacial score (nSPS) is 27.2. The maximum atomic E-state index is 6.25. The summed E-state index contributed by atoms with van der Waals surface area (Å²) in [6.07, 6.45) is 8.65. The Morgan fingerprint density at radius 3 is 2.00 bits per heavy atom. The van der Waals surface area contributed by atoms with Crippen LogP contribution in [0.15, 0.2) is 41.3 Å². The first-order valence-corrected chi connectivity index (χ1v) is 10.8. The van der Waals surface area contributed by atoms with Crippen molar-refractivity contribution in [1.82, 2.24) is 0 Å². The monoisotopic (exact) mass is 341 g/mol. The molecule has 0 aromatic heterocycles. The van der Waals surface area contributed by atoms with E-state index in [1.165, 1.54) is 49.3 Å². The molecule has 2 bridgehead atoms. The van der Waals surface area contributed by atoms with E-state index in [1.807, 2.05) is 0 Å². The second-order valence-electron chi connectivity index (χ2n) is 8.30. The van der Waals surface area contributed by atoms with Crippen LogP contribution in [0.5, 0.6) is 5.75 Å². The van der Waals surface area contributed by atoms with Gasteiger partial charge in [-0.2, -0.15) is 0 Å². The third kappa shape index (κ3) is 3.06. The van der Waals surface area contributed by atoms with E-state index >= 15 is 0 Å². The van der Waals surface area contributed by atoms with Crippen LogP contribution in [0.2, 0.25) is 0 Å². The van der Waals surface area contributed by atoms with Crippen LogP contribution in [0, 0.1) is 0 Å². The highest BCUT2D eigenvalue weighted by Gasteiger charge is 2.46. The van der Waals surface area contributed by atoms with Crippen LogP contribution >= 0.6 is 0 Å². The summed E-state index contributed by atoms with van der Waals surface area (Å²) in [5.41, 5.74) is -0.159. The van der Waals surface area contributed by atoms with E-state index in [4.69, 9.17) is 4.74 Å². The Bertz CT molecular complexity index is 708. The molecule has 24 heavy (non-hydrogen) atoms. The molecule has 0 N–H and O–H groups in total. The van der Waals surface area contributed by atoms with Crippen molar-refractivity contribution < 1.29 is 4.74 Å². The molecule has 0 atom stereocenters. The maximum absolute atomic E-state index is 6.25. The molecule has 2 heteroatoms. The number of hydrogen-bond acceptors (Lipinski definition) is 1. The van der Waals surface area contributed by atoms with Gasteiger partial charge in [-0.25, -0.2) is 0 Å². The number of fused-ring (bicyclic) bond motifs is 3. The predicted molar refractivity (Wildman–Crippen MR) is 105 cm³/mol. The van der Waals surface area contributed by atoms with E-state index in [0.29, 0.717) is 10.9 Å². The van der Waals surface area contributed by atoms with Gasteiger partial charge in [0.25, 0.3) is 0 Å². The van der Waals surface area contributed by atoms with Crippen LogP contribution in [0.4, 0.5) is 0 Å². The lowest BCUT2D eigenvalue weighted by Crippen LogP contribution is -2.40. The second kappa shape index (κ2) is 6.29. The Hall–Kier alpha value is -1.15. The van der Waals surface area contributed by atoms with Gasteiger partial charge < -0.3 is 4.74 Å². The van der Waals surface area contributed by atoms with Gasteiger partial charge in [0.2, 0.25) is 0 Å². The molecule has 0 radical (unpaired) electrons. The molecule has 4 rings (SSSR count). The van der Waals surface area contributed by atoms with E-state index in [-0.39, 0.29) is 5.60 Å². The average Bonchev–Trinajstić information content (AvgIpc) is 2.53. The minimum atomic E-state index is -0.159. The Balaban J connectivity index is 1.81. The van der Waals surface area contributed by atoms with Gasteiger partial charge in [0.15, 0.2) is 4.90 Å². The lowest BCUT2D eigenvalue weighted by molar-refractivity contribution is 0.133. The Morgan fingerprint density at radius 2 is 1.42 bits per heavy atom. The summed E-state index contributed by atoms with van der Waals surface area (Å²) >= 11 is 0. The van der Waals surface area contributed by atoms with Crippen LogP contribution < -0.4 is 4.74 Å². The molecule has 2 fully saturated rings. The van der Waals surface area contributed by atoms with Crippen molar-refractivity contribution in [2.24, 2.45) is 0 Å². The highest BCUT2D eigenvalue weighted by atomic mass is 32.2. The minimum Gasteiger partial charge on any atom is -0.488 e. The molecule has 2 saturated heterocycles. The van der Waals surface area contributed by atoms with E-state index in [2.05, 4.69) is 57.2 Å². The Labute approximate surface area is 149 Å². The van der Waals surface area contributed by atoms with E-state index in [1.54, 1.807) is 4.90 Å². The van der Waals surface area contributed by atoms with E-state index < -0.39 is 0 Å². The highest BCUT2D eigenvalue weighted by molar-refractivity contribution is 7.98. The fourth-order valence-electron chi connectivity index (χ4n) is 4.44. The first-order chi connectivity index (χ1) is 11.5. The van der Waals surface area contributed by atoms with Crippen LogP contribution in [0.1, 0.15) is 59.3 Å². The molecule has 2 aliphatic heterocycles. The quantitative estimate of drug-likeness (QED) is 0.600. The van der Waals surface area contributed by atoms with Crippen molar-refractivity contribution in [3.05, 3.63) is 36.4 Å². The van der Waals surface area contributed by atoms with Crippen molar-refractivity contribution in [2.45, 2.75) is 80.3 Å². The predicted octanol–water partition coefficient (Wildman–Crippen LogP) is 6.10. The van der Waals surface area contributed by atoms with E-state index in [0.717, 1.165) is 16.2 Å². The van der Waals surface area contributed by atoms with Crippen molar-refractivity contribution in [3.63, 3.8) is 0 Å². The van der Waals surface area contributed by atoms with Crippen molar-refractivity contribution >= 4 is 21.7 Å². The van der Waals surface area contributed by atoms with Crippen molar-refractivity contribution in [1.29, 1.82) is 0 Å². The third-order valence-corrected chi connectivity index (χ3v) is 8.58. The van der Waals surface area contributed by atoms with Gasteiger partial charge in [0, 0.05) is 21.7 Å². The summed E-state index contributed by atoms with van der Waals surface area (Å²) < 4.78 is 6.25. The lowest BCUT2D eigenvalue weighted by Gasteiger charge is -2.35. The third-order valence-electron chi connectivity index (χ3n) is 5.34. The number of hydrogen-bond donors (Lipinski definition) is 0. The van der Waals surface area contributed by atoms with Crippen molar-refractivity contribution in [2.75, 3.05) is 0 Å². The summed E-state index contributed by atoms with van der Waals surface area (Å²) in [6.45, 7) is 6.38. The fourth-order valence-corrected chi connectivity index (χ4v) is 8.04. The van der Waals surface area contributed by atoms with Gasteiger partial charge in [-0.3, -0.25) is 0 Å². The zero-order chi connectivity index (χ0) is 16.7. The molecule has 2 aromatic carbocycles. The summed E-state index contributed by atoms with van der Waals surface area (Å²) in [7, 11) is 0.435. The van der Waals surface area contributed by atoms with Crippen molar-refractivity contribution in [3.8, 4) is 5.75 Å². The zero-order valence-corrected chi connectivity index (χ0v) is 16.0. The molecule has 0 unspecified atom stereocenters. The summed E-state index contributed by atoms with van der Waals surface area (Å²) in [5.74, 6) is 1.03. The van der Waals surface area contributed by atoms with Gasteiger partial charge in [-0.15, -0.1) is 0 Å². The fraction of sp³-hybridized carbons (Fsp3) is 0.545. The first kappa shape index (κ1) is 16.3. The van der Waals surface area contributed by atoms with Crippen LogP contribution in [0.25, 0.3) is 10.8 Å². The highest BCUT2D eigenvalue weighted by Crippen LogP contribution is 2.45. The minimum absolute atomic E-state index is 0.159. The topological polar surface area (TPSA) is 9.23 Å². The number of benzene rings is 2. The zero-order valence-electron chi connectivity index (χ0n) is 15.2. The lowest BCUT2D eigenvalue weighted by atomic mass is 9.99. The molecule has 0 saturated carbocycles. The van der Waals surface area contributed by atoms with Crippen LogP contribution in [-0.4, -0.2) is 16.1 Å². The molecular formula is C22H29OS+. The maximum Gasteiger partial charge on any atom is 0.163 e. The summed E-state index contributed by atoms with van der Waals surface area (Å²) in [6, 6.07) is 13.5. The Morgan fingerprint density at radius 1 is 0.833 bits per heavy atom. The SMILES string of the molecule is CC(C)(C)Oc1ccc([S+]2C3CCCC2CCC3)c2ccccc12. The molecule has 0 amide bonds. The molecule has 1 nitrogen and oxygen atoms in total. The molecule has 2 aromatic rings. The molecule has 0 aliphatic carbocycles. The van der Waals surface area contributed by atoms with Gasteiger partial charge in [-0.05, 0) is 77.5 Å². The smallest absolute Gasteiger partial charge is 0.163 e. The van der Waals surface area contributed by atoms with Gasteiger partial charge in [0.1, 0.15) is 21.9 Å². The van der Waals surface area contributed by atoms with Gasteiger partial charge >= 0.3 is 0 Å². The molecule has 128 valence electrons. The average molecular weight is 342 g/mol.